The van der Waals surface area contributed by atoms with E-state index < -0.39 is 0 Å². The molecule has 2 N–H and O–H groups in total. The second-order valence-electron chi connectivity index (χ2n) is 6.07. The molecule has 1 aromatic heterocycles. The van der Waals surface area contributed by atoms with Gasteiger partial charge in [0.1, 0.15) is 0 Å². The number of amides is 1. The molecule has 1 aliphatic rings. The first kappa shape index (κ1) is 16.4. The number of aromatic nitrogens is 1. The highest BCUT2D eigenvalue weighted by Crippen LogP contribution is 2.30. The lowest BCUT2D eigenvalue weighted by Gasteiger charge is -2.34. The normalized spacial score (nSPS) is 22.1. The molecule has 118 valence electrons. The Morgan fingerprint density at radius 2 is 2.33 bits per heavy atom. The molecule has 0 aliphatic carbocycles. The number of carbonyl (C=O) groups excluding carboxylic acids is 1. The van der Waals surface area contributed by atoms with Gasteiger partial charge in [-0.15, -0.1) is 11.3 Å². The summed E-state index contributed by atoms with van der Waals surface area (Å²) in [6.07, 6.45) is 4.09. The molecule has 0 radical (unpaired) electrons. The van der Waals surface area contributed by atoms with Crippen molar-refractivity contribution < 1.29 is 4.79 Å². The van der Waals surface area contributed by atoms with E-state index in [4.69, 9.17) is 10.7 Å². The van der Waals surface area contributed by atoms with Gasteiger partial charge < -0.3 is 10.6 Å². The van der Waals surface area contributed by atoms with Crippen LogP contribution in [0.5, 0.6) is 0 Å². The number of hydrogen-bond donors (Lipinski definition) is 1. The molecule has 0 bridgehead atoms. The molecule has 21 heavy (non-hydrogen) atoms. The topological polar surface area (TPSA) is 59.2 Å². The van der Waals surface area contributed by atoms with Gasteiger partial charge in [0.05, 0.1) is 16.7 Å². The smallest absolute Gasteiger partial charge is 0.239 e. The molecule has 1 aliphatic heterocycles. The van der Waals surface area contributed by atoms with E-state index in [2.05, 4.69) is 26.2 Å². The minimum absolute atomic E-state index is 0.112. The number of carbonyl (C=O) groups is 1. The molecule has 1 amide bonds. The van der Waals surface area contributed by atoms with E-state index in [1.807, 2.05) is 4.90 Å². The molecule has 1 fully saturated rings. The Bertz CT molecular complexity index is 474. The zero-order valence-electron chi connectivity index (χ0n) is 13.3. The minimum atomic E-state index is -0.365. The van der Waals surface area contributed by atoms with E-state index in [0.29, 0.717) is 5.92 Å². The van der Waals surface area contributed by atoms with Gasteiger partial charge in [0.15, 0.2) is 0 Å². The maximum Gasteiger partial charge on any atom is 0.239 e. The molecule has 3 atom stereocenters. The summed E-state index contributed by atoms with van der Waals surface area (Å²) in [5.74, 6) is 0.739. The summed E-state index contributed by atoms with van der Waals surface area (Å²) in [7, 11) is 0. The van der Waals surface area contributed by atoms with Gasteiger partial charge in [-0.25, -0.2) is 4.98 Å². The summed E-state index contributed by atoms with van der Waals surface area (Å²) >= 11 is 1.73. The van der Waals surface area contributed by atoms with E-state index >= 15 is 0 Å². The Hall–Kier alpha value is -0.940. The van der Waals surface area contributed by atoms with Crippen molar-refractivity contribution in [3.63, 3.8) is 0 Å². The minimum Gasteiger partial charge on any atom is -0.341 e. The third-order valence-electron chi connectivity index (χ3n) is 4.56. The highest BCUT2D eigenvalue weighted by Gasteiger charge is 2.30. The lowest BCUT2D eigenvalue weighted by Crippen LogP contribution is -2.50. The van der Waals surface area contributed by atoms with Crippen molar-refractivity contribution in [1.82, 2.24) is 9.88 Å². The number of likely N-dealkylation sites (tertiary alicyclic amines) is 1. The van der Waals surface area contributed by atoms with Crippen LogP contribution in [0.25, 0.3) is 0 Å². The van der Waals surface area contributed by atoms with E-state index in [0.717, 1.165) is 44.5 Å². The van der Waals surface area contributed by atoms with E-state index in [1.54, 1.807) is 11.3 Å². The molecule has 0 spiro atoms. The van der Waals surface area contributed by atoms with Crippen molar-refractivity contribution in [3.8, 4) is 0 Å². The summed E-state index contributed by atoms with van der Waals surface area (Å²) in [6.45, 7) is 7.88. The summed E-state index contributed by atoms with van der Waals surface area (Å²) in [4.78, 5) is 19.2. The highest BCUT2D eigenvalue weighted by molar-refractivity contribution is 7.09. The third-order valence-corrected chi connectivity index (χ3v) is 5.61. The molecule has 0 aromatic carbocycles. The largest absolute Gasteiger partial charge is 0.341 e. The van der Waals surface area contributed by atoms with Crippen LogP contribution in [0, 0.1) is 5.92 Å². The lowest BCUT2D eigenvalue weighted by molar-refractivity contribution is -0.135. The third kappa shape index (κ3) is 3.83. The summed E-state index contributed by atoms with van der Waals surface area (Å²) in [5, 5.41) is 3.32. The Morgan fingerprint density at radius 1 is 1.57 bits per heavy atom. The monoisotopic (exact) mass is 309 g/mol. The van der Waals surface area contributed by atoms with Crippen molar-refractivity contribution in [1.29, 1.82) is 0 Å². The fourth-order valence-electron chi connectivity index (χ4n) is 2.76. The fraction of sp³-hybridized carbons (Fsp3) is 0.750. The molecule has 5 heteroatoms. The van der Waals surface area contributed by atoms with Crippen LogP contribution in [0.4, 0.5) is 0 Å². The zero-order valence-corrected chi connectivity index (χ0v) is 14.2. The van der Waals surface area contributed by atoms with Gasteiger partial charge in [0, 0.05) is 24.4 Å². The lowest BCUT2D eigenvalue weighted by atomic mass is 9.95. The number of piperidine rings is 1. The van der Waals surface area contributed by atoms with Crippen molar-refractivity contribution in [2.45, 2.75) is 58.4 Å². The number of nitrogens with zero attached hydrogens (tertiary/aromatic N) is 2. The maximum atomic E-state index is 12.5. The van der Waals surface area contributed by atoms with Crippen molar-refractivity contribution >= 4 is 17.2 Å². The molecule has 2 rings (SSSR count). The van der Waals surface area contributed by atoms with Crippen LogP contribution in [0.3, 0.4) is 0 Å². The van der Waals surface area contributed by atoms with Crippen LogP contribution in [-0.4, -0.2) is 34.9 Å². The quantitative estimate of drug-likeness (QED) is 0.910. The first-order valence-corrected chi connectivity index (χ1v) is 8.93. The number of nitrogens with two attached hydrogens (primary N) is 1. The van der Waals surface area contributed by atoms with Gasteiger partial charge in [-0.05, 0) is 25.2 Å². The molecule has 1 aromatic rings. The number of hydrogen-bond acceptors (Lipinski definition) is 4. The maximum absolute atomic E-state index is 12.5. The van der Waals surface area contributed by atoms with E-state index in [1.165, 1.54) is 5.01 Å². The van der Waals surface area contributed by atoms with Crippen LogP contribution >= 0.6 is 11.3 Å². The van der Waals surface area contributed by atoms with Crippen LogP contribution in [0.1, 0.15) is 56.7 Å². The number of rotatable bonds is 5. The second-order valence-corrected chi connectivity index (χ2v) is 6.96. The van der Waals surface area contributed by atoms with Crippen molar-refractivity contribution in [2.24, 2.45) is 11.7 Å². The number of aryl methyl sites for hydroxylation is 1. The van der Waals surface area contributed by atoms with Crippen LogP contribution < -0.4 is 5.73 Å². The average Bonchev–Trinajstić information content (AvgIpc) is 3.02. The fourth-order valence-corrected chi connectivity index (χ4v) is 3.79. The predicted molar refractivity (Wildman–Crippen MR) is 87.5 cm³/mol. The van der Waals surface area contributed by atoms with Crippen molar-refractivity contribution in [2.75, 3.05) is 13.1 Å². The average molecular weight is 309 g/mol. The van der Waals surface area contributed by atoms with Gasteiger partial charge in [0.25, 0.3) is 0 Å². The van der Waals surface area contributed by atoms with E-state index in [-0.39, 0.29) is 17.9 Å². The predicted octanol–water partition coefficient (Wildman–Crippen LogP) is 2.78. The molecule has 3 unspecified atom stereocenters. The highest BCUT2D eigenvalue weighted by atomic mass is 32.1. The molecule has 1 saturated heterocycles. The van der Waals surface area contributed by atoms with Crippen molar-refractivity contribution in [3.05, 3.63) is 16.1 Å². The standard InChI is InChI=1S/C16H27N3OS/c1-4-11(3)14(17)16(20)19-8-6-7-12(9-19)15-18-13(5-2)10-21-15/h10-12,14H,4-9,17H2,1-3H3. The first-order valence-electron chi connectivity index (χ1n) is 8.05. The van der Waals surface area contributed by atoms with Gasteiger partial charge in [-0.1, -0.05) is 27.2 Å². The number of thiazole rings is 1. The molecule has 2 heterocycles. The van der Waals surface area contributed by atoms with Gasteiger partial charge in [0.2, 0.25) is 5.91 Å². The van der Waals surface area contributed by atoms with Gasteiger partial charge in [-0.2, -0.15) is 0 Å². The Morgan fingerprint density at radius 3 is 2.95 bits per heavy atom. The Labute approximate surface area is 131 Å². The van der Waals surface area contributed by atoms with Crippen LogP contribution in [0.2, 0.25) is 0 Å². The molecular weight excluding hydrogens is 282 g/mol. The first-order chi connectivity index (χ1) is 10.1. The van der Waals surface area contributed by atoms with Gasteiger partial charge in [-0.3, -0.25) is 4.79 Å². The summed E-state index contributed by atoms with van der Waals surface area (Å²) in [6, 6.07) is -0.365. The molecule has 0 saturated carbocycles. The van der Waals surface area contributed by atoms with Crippen LogP contribution in [-0.2, 0) is 11.2 Å². The van der Waals surface area contributed by atoms with E-state index in [9.17, 15) is 4.79 Å². The van der Waals surface area contributed by atoms with Crippen LogP contribution in [0.15, 0.2) is 5.38 Å². The Balaban J connectivity index is 2.01. The SMILES string of the molecule is CCc1csc(C2CCCN(C(=O)C(N)C(C)CC)C2)n1. The summed E-state index contributed by atoms with van der Waals surface area (Å²) < 4.78 is 0. The zero-order chi connectivity index (χ0) is 15.4. The Kier molecular flexibility index (Phi) is 5.76. The molecular formula is C16H27N3OS. The molecule has 4 nitrogen and oxygen atoms in total. The second kappa shape index (κ2) is 7.36. The summed E-state index contributed by atoms with van der Waals surface area (Å²) in [5.41, 5.74) is 7.27. The van der Waals surface area contributed by atoms with Gasteiger partial charge >= 0.3 is 0 Å².